The number of ether oxygens (including phenoxy) is 2. The first-order valence-electron chi connectivity index (χ1n) is 13.7. The third kappa shape index (κ3) is 7.79. The minimum atomic E-state index is -0.390. The van der Waals surface area contributed by atoms with Crippen molar-refractivity contribution in [2.24, 2.45) is 10.2 Å². The molecule has 2 aromatic heterocycles. The van der Waals surface area contributed by atoms with E-state index in [2.05, 4.69) is 31.0 Å². The van der Waals surface area contributed by atoms with Crippen LogP contribution in [0.2, 0.25) is 0 Å². The summed E-state index contributed by atoms with van der Waals surface area (Å²) in [4.78, 5) is 54.4. The van der Waals surface area contributed by atoms with Crippen molar-refractivity contribution in [3.63, 3.8) is 0 Å². The number of allylic oxidation sites excluding steroid dienone is 4. The second-order valence-corrected chi connectivity index (χ2v) is 9.57. The van der Waals surface area contributed by atoms with Crippen LogP contribution in [0.1, 0.15) is 32.1 Å². The van der Waals surface area contributed by atoms with E-state index in [1.54, 1.807) is 62.8 Å². The molecule has 6 rings (SSSR count). The molecule has 4 aromatic rings. The van der Waals surface area contributed by atoms with Gasteiger partial charge >= 0.3 is 0 Å². The Morgan fingerprint density at radius 3 is 1.34 bits per heavy atom. The Kier molecular flexibility index (Phi) is 11.4. The van der Waals surface area contributed by atoms with E-state index in [4.69, 9.17) is 9.47 Å². The summed E-state index contributed by atoms with van der Waals surface area (Å²) < 4.78 is 10.2. The summed E-state index contributed by atoms with van der Waals surface area (Å²) in [5.74, 6) is 0.700. The Morgan fingerprint density at radius 2 is 1.00 bits per heavy atom. The SMILES string of the molecule is COc1ccc(N/N=C2/C=C(C=O)C(=O)c3ncccc32)cc1.COc1ccc(N/N=C2/C=C(C=O)C(=O)c3ncccc32)cc1.[Mn]. The van der Waals surface area contributed by atoms with Gasteiger partial charge in [-0.3, -0.25) is 40.0 Å². The Morgan fingerprint density at radius 1 is 0.617 bits per heavy atom. The number of hydrogen-bond donors (Lipinski definition) is 2. The number of pyridine rings is 2. The van der Waals surface area contributed by atoms with Gasteiger partial charge < -0.3 is 9.47 Å². The van der Waals surface area contributed by atoms with Gasteiger partial charge in [0.15, 0.2) is 12.6 Å². The van der Waals surface area contributed by atoms with E-state index in [-0.39, 0.29) is 51.2 Å². The van der Waals surface area contributed by atoms with Crippen LogP contribution in [0.5, 0.6) is 11.5 Å². The summed E-state index contributed by atoms with van der Waals surface area (Å²) in [7, 11) is 3.19. The molecular formula is C34H26MnN6O6. The predicted octanol–water partition coefficient (Wildman–Crippen LogP) is 4.45. The molecule has 0 atom stereocenters. The number of nitrogens with zero attached hydrogens (tertiary/aromatic N) is 4. The van der Waals surface area contributed by atoms with Gasteiger partial charge in [-0.1, -0.05) is 0 Å². The van der Waals surface area contributed by atoms with Gasteiger partial charge in [0.05, 0.1) is 48.2 Å². The van der Waals surface area contributed by atoms with Gasteiger partial charge in [0, 0.05) is 40.6 Å². The number of aldehydes is 2. The molecule has 2 N–H and O–H groups in total. The summed E-state index contributed by atoms with van der Waals surface area (Å²) in [6, 6.07) is 21.4. The Labute approximate surface area is 279 Å². The number of methoxy groups -OCH3 is 2. The maximum atomic E-state index is 12.1. The van der Waals surface area contributed by atoms with Crippen molar-refractivity contribution < 1.29 is 45.7 Å². The van der Waals surface area contributed by atoms with E-state index >= 15 is 0 Å². The van der Waals surface area contributed by atoms with Crippen molar-refractivity contribution in [1.29, 1.82) is 0 Å². The van der Waals surface area contributed by atoms with E-state index in [0.29, 0.717) is 35.1 Å². The molecule has 0 bridgehead atoms. The van der Waals surface area contributed by atoms with Crippen molar-refractivity contribution in [2.45, 2.75) is 0 Å². The number of anilines is 2. The van der Waals surface area contributed by atoms with Crippen LogP contribution in [0.4, 0.5) is 11.4 Å². The number of Topliss-reactive ketones (excluding diaryl/α,β-unsaturated/α-hetero) is 2. The predicted molar refractivity (Wildman–Crippen MR) is 172 cm³/mol. The largest absolute Gasteiger partial charge is 0.497 e. The number of benzene rings is 2. The quantitative estimate of drug-likeness (QED) is 0.119. The average Bonchev–Trinajstić information content (AvgIpc) is 3.12. The minimum Gasteiger partial charge on any atom is -0.497 e. The molecular weight excluding hydrogens is 643 g/mol. The molecule has 0 saturated heterocycles. The fourth-order valence-electron chi connectivity index (χ4n) is 4.38. The van der Waals surface area contributed by atoms with Crippen LogP contribution in [0, 0.1) is 0 Å². The molecule has 0 spiro atoms. The zero-order valence-corrected chi connectivity index (χ0v) is 26.2. The molecule has 235 valence electrons. The molecule has 47 heavy (non-hydrogen) atoms. The van der Waals surface area contributed by atoms with Crippen LogP contribution in [-0.2, 0) is 26.7 Å². The molecule has 0 fully saturated rings. The smallest absolute Gasteiger partial charge is 0.215 e. The first-order valence-corrected chi connectivity index (χ1v) is 13.7. The van der Waals surface area contributed by atoms with Gasteiger partial charge in [-0.25, -0.2) is 0 Å². The van der Waals surface area contributed by atoms with Crippen molar-refractivity contribution in [1.82, 2.24) is 9.97 Å². The molecule has 2 aliphatic carbocycles. The number of aromatic nitrogens is 2. The standard InChI is InChI=1S/2C17H13N3O3.Mn/c2*1-23-13-6-4-12(5-7-13)19-20-15-9-11(10-21)17(22)16-14(15)3-2-8-18-16;/h2*2-10,19H,1H3;/b2*20-15-;. The Bertz CT molecular complexity index is 1790. The van der Waals surface area contributed by atoms with E-state index < -0.39 is 0 Å². The first kappa shape index (κ1) is 33.8. The zero-order chi connectivity index (χ0) is 32.5. The van der Waals surface area contributed by atoms with Crippen molar-refractivity contribution in [3.8, 4) is 11.5 Å². The van der Waals surface area contributed by atoms with Gasteiger partial charge in [-0.15, -0.1) is 0 Å². The average molecular weight is 670 g/mol. The van der Waals surface area contributed by atoms with E-state index in [0.717, 1.165) is 22.9 Å². The number of hydrazone groups is 2. The summed E-state index contributed by atoms with van der Waals surface area (Å²) in [5, 5.41) is 8.56. The number of rotatable bonds is 8. The molecule has 2 aromatic carbocycles. The topological polar surface area (TPSA) is 161 Å². The summed E-state index contributed by atoms with van der Waals surface area (Å²) in [6.45, 7) is 0. The number of fused-ring (bicyclic) bond motifs is 2. The molecule has 13 heteroatoms. The Balaban J connectivity index is 0.000000208. The fraction of sp³-hybridized carbons (Fsp3) is 0.0588. The van der Waals surface area contributed by atoms with Gasteiger partial charge in [0.25, 0.3) is 0 Å². The zero-order valence-electron chi connectivity index (χ0n) is 25.0. The van der Waals surface area contributed by atoms with Crippen LogP contribution >= 0.6 is 0 Å². The van der Waals surface area contributed by atoms with Gasteiger partial charge in [-0.05, 0) is 84.9 Å². The third-order valence-corrected chi connectivity index (χ3v) is 6.75. The molecule has 1 radical (unpaired) electrons. The molecule has 0 amide bonds. The number of nitrogens with one attached hydrogen (secondary N) is 2. The number of hydrogen-bond acceptors (Lipinski definition) is 12. The van der Waals surface area contributed by atoms with E-state index in [1.807, 2.05) is 24.3 Å². The van der Waals surface area contributed by atoms with Crippen LogP contribution in [0.25, 0.3) is 0 Å². The second-order valence-electron chi connectivity index (χ2n) is 9.57. The molecule has 0 saturated carbocycles. The Hall–Kier alpha value is -6.04. The maximum absolute atomic E-state index is 12.1. The summed E-state index contributed by atoms with van der Waals surface area (Å²) in [6.07, 6.45) is 6.97. The maximum Gasteiger partial charge on any atom is 0.215 e. The number of carbonyl (C=O) groups excluding carboxylic acids is 4. The first-order chi connectivity index (χ1) is 22.4. The van der Waals surface area contributed by atoms with Crippen LogP contribution in [0.15, 0.2) is 119 Å². The summed E-state index contributed by atoms with van der Waals surface area (Å²) >= 11 is 0. The van der Waals surface area contributed by atoms with E-state index in [1.165, 1.54) is 24.5 Å². The third-order valence-electron chi connectivity index (χ3n) is 6.75. The molecule has 0 aliphatic heterocycles. The second kappa shape index (κ2) is 15.8. The molecule has 2 heterocycles. The van der Waals surface area contributed by atoms with Crippen LogP contribution < -0.4 is 20.3 Å². The van der Waals surface area contributed by atoms with Crippen molar-refractivity contribution >= 4 is 46.9 Å². The summed E-state index contributed by atoms with van der Waals surface area (Å²) in [5.41, 5.74) is 9.96. The van der Waals surface area contributed by atoms with Crippen LogP contribution in [0.3, 0.4) is 0 Å². The number of carbonyl (C=O) groups is 4. The monoisotopic (exact) mass is 669 g/mol. The molecule has 0 unspecified atom stereocenters. The van der Waals surface area contributed by atoms with Gasteiger partial charge in [0.2, 0.25) is 11.6 Å². The van der Waals surface area contributed by atoms with Gasteiger partial charge in [-0.2, -0.15) is 10.2 Å². The van der Waals surface area contributed by atoms with E-state index in [9.17, 15) is 19.2 Å². The van der Waals surface area contributed by atoms with Crippen molar-refractivity contribution in [2.75, 3.05) is 25.1 Å². The minimum absolute atomic E-state index is 0. The molecule has 2 aliphatic rings. The number of ketones is 2. The normalized spacial score (nSPS) is 14.6. The van der Waals surface area contributed by atoms with Crippen molar-refractivity contribution in [3.05, 3.63) is 131 Å². The molecule has 12 nitrogen and oxygen atoms in total. The van der Waals surface area contributed by atoms with Gasteiger partial charge in [0.1, 0.15) is 22.9 Å². The fourth-order valence-corrected chi connectivity index (χ4v) is 4.38. The van der Waals surface area contributed by atoms with Crippen LogP contribution in [-0.4, -0.2) is 59.7 Å².